The number of ether oxygens (including phenoxy) is 7. The van der Waals surface area contributed by atoms with Crippen LogP contribution in [0, 0.1) is 0 Å². The van der Waals surface area contributed by atoms with Crippen LogP contribution in [0.4, 0.5) is 4.79 Å². The molecule has 14 nitrogen and oxygen atoms in total. The van der Waals surface area contributed by atoms with Crippen LogP contribution in [0.15, 0.2) is 54.6 Å². The Morgan fingerprint density at radius 1 is 0.646 bits per heavy atom. The van der Waals surface area contributed by atoms with E-state index < -0.39 is 17.7 Å². The summed E-state index contributed by atoms with van der Waals surface area (Å²) in [6.45, 7) is 8.99. The van der Waals surface area contributed by atoms with Gasteiger partial charge in [-0.05, 0) is 44.5 Å². The van der Waals surface area contributed by atoms with Crippen LogP contribution in [0.1, 0.15) is 43.1 Å². The number of alkyl carbamates (subject to hydrolysis) is 1. The number of nitrogens with one attached hydrogen (secondary N) is 3. The van der Waals surface area contributed by atoms with Crippen LogP contribution in [0.2, 0.25) is 0 Å². The molecule has 0 aliphatic carbocycles. The summed E-state index contributed by atoms with van der Waals surface area (Å²) in [6, 6.07) is 15.9. The molecular formula is C34H49N3O11. The van der Waals surface area contributed by atoms with Crippen LogP contribution in [0.25, 0.3) is 0 Å². The summed E-state index contributed by atoms with van der Waals surface area (Å²) in [6.07, 6.45) is -0.320. The van der Waals surface area contributed by atoms with Gasteiger partial charge in [0, 0.05) is 26.1 Å². The average Bonchev–Trinajstić information content (AvgIpc) is 3.06. The minimum atomic E-state index is -0.569. The molecule has 2 aromatic rings. The van der Waals surface area contributed by atoms with Gasteiger partial charge in [0.05, 0.1) is 58.4 Å². The number of esters is 1. The maximum Gasteiger partial charge on any atom is 0.407 e. The van der Waals surface area contributed by atoms with Gasteiger partial charge in [0.2, 0.25) is 5.91 Å². The number of rotatable bonds is 24. The summed E-state index contributed by atoms with van der Waals surface area (Å²) in [5.41, 5.74) is 0.651. The molecule has 0 aromatic heterocycles. The first-order valence-corrected chi connectivity index (χ1v) is 15.9. The zero-order valence-corrected chi connectivity index (χ0v) is 28.1. The van der Waals surface area contributed by atoms with Crippen LogP contribution >= 0.6 is 0 Å². The van der Waals surface area contributed by atoms with Gasteiger partial charge in [-0.3, -0.25) is 9.59 Å². The normalized spacial score (nSPS) is 11.0. The second-order valence-electron chi connectivity index (χ2n) is 11.2. The minimum absolute atomic E-state index is 0.166. The van der Waals surface area contributed by atoms with E-state index in [0.29, 0.717) is 70.7 Å². The third-order valence-corrected chi connectivity index (χ3v) is 5.93. The van der Waals surface area contributed by atoms with E-state index in [1.807, 2.05) is 30.3 Å². The van der Waals surface area contributed by atoms with E-state index in [9.17, 15) is 19.2 Å². The first kappa shape index (κ1) is 39.9. The summed E-state index contributed by atoms with van der Waals surface area (Å²) in [7, 11) is 0. The van der Waals surface area contributed by atoms with Crippen molar-refractivity contribution in [3.8, 4) is 5.75 Å². The van der Waals surface area contributed by atoms with Crippen LogP contribution in [0.3, 0.4) is 0 Å². The molecule has 0 aliphatic heterocycles. The van der Waals surface area contributed by atoms with Gasteiger partial charge < -0.3 is 49.1 Å². The molecule has 0 spiro atoms. The van der Waals surface area contributed by atoms with Gasteiger partial charge in [-0.15, -0.1) is 0 Å². The lowest BCUT2D eigenvalue weighted by Crippen LogP contribution is -2.38. The van der Waals surface area contributed by atoms with Gasteiger partial charge >= 0.3 is 12.1 Å². The molecule has 266 valence electrons. The number of benzene rings is 2. The Balaban J connectivity index is 1.35. The predicted octanol–water partition coefficient (Wildman–Crippen LogP) is 2.64. The van der Waals surface area contributed by atoms with E-state index in [1.54, 1.807) is 39.0 Å². The molecule has 0 atom stereocenters. The zero-order valence-electron chi connectivity index (χ0n) is 28.1. The summed E-state index contributed by atoms with van der Waals surface area (Å²) in [5.74, 6) is -0.589. The largest absolute Gasteiger partial charge is 0.484 e. The van der Waals surface area contributed by atoms with Crippen molar-refractivity contribution in [2.45, 2.75) is 39.4 Å². The Labute approximate surface area is 282 Å². The van der Waals surface area contributed by atoms with E-state index in [0.717, 1.165) is 5.56 Å². The van der Waals surface area contributed by atoms with Gasteiger partial charge in [0.1, 0.15) is 18.0 Å². The Hall–Kier alpha value is -4.24. The average molecular weight is 676 g/mol. The van der Waals surface area contributed by atoms with Gasteiger partial charge in [-0.1, -0.05) is 36.4 Å². The zero-order chi connectivity index (χ0) is 34.9. The van der Waals surface area contributed by atoms with Gasteiger partial charge in [-0.25, -0.2) is 9.59 Å². The second kappa shape index (κ2) is 24.0. The van der Waals surface area contributed by atoms with E-state index >= 15 is 0 Å². The fraction of sp³-hybridized carbons (Fsp3) is 0.529. The minimum Gasteiger partial charge on any atom is -0.484 e. The van der Waals surface area contributed by atoms with Gasteiger partial charge in [0.25, 0.3) is 5.91 Å². The summed E-state index contributed by atoms with van der Waals surface area (Å²) in [5, 5.41) is 7.96. The molecule has 48 heavy (non-hydrogen) atoms. The third kappa shape index (κ3) is 20.8. The smallest absolute Gasteiger partial charge is 0.407 e. The third-order valence-electron chi connectivity index (χ3n) is 5.93. The molecule has 3 amide bonds. The fourth-order valence-corrected chi connectivity index (χ4v) is 3.68. The lowest BCUT2D eigenvalue weighted by molar-refractivity contribution is -0.123. The molecular weight excluding hydrogens is 626 g/mol. The van der Waals surface area contributed by atoms with E-state index in [1.165, 1.54) is 6.07 Å². The predicted molar refractivity (Wildman–Crippen MR) is 176 cm³/mol. The van der Waals surface area contributed by atoms with Crippen molar-refractivity contribution in [2.24, 2.45) is 0 Å². The summed E-state index contributed by atoms with van der Waals surface area (Å²) in [4.78, 5) is 47.7. The highest BCUT2D eigenvalue weighted by Crippen LogP contribution is 2.15. The van der Waals surface area contributed by atoms with Crippen molar-refractivity contribution >= 4 is 23.9 Å². The number of carbonyl (C=O) groups is 4. The number of carbonyl (C=O) groups excluding carboxylic acids is 4. The number of amides is 3. The van der Waals surface area contributed by atoms with Gasteiger partial charge in [-0.2, -0.15) is 0 Å². The van der Waals surface area contributed by atoms with E-state index in [2.05, 4.69) is 16.0 Å². The van der Waals surface area contributed by atoms with Crippen LogP contribution in [-0.2, 0) is 44.6 Å². The SMILES string of the molecule is CC(C)(C)OC(=O)NCCNC(=O)CCOCCOCCOCCOCCNC(=O)COc1cccc(C(=O)OCc2ccccc2)c1. The number of hydrogen-bond acceptors (Lipinski definition) is 11. The first-order valence-electron chi connectivity index (χ1n) is 15.9. The molecule has 0 heterocycles. The molecule has 14 heteroatoms. The molecule has 0 bridgehead atoms. The van der Waals surface area contributed by atoms with E-state index in [4.69, 9.17) is 33.2 Å². The monoisotopic (exact) mass is 675 g/mol. The molecule has 2 aromatic carbocycles. The Morgan fingerprint density at radius 3 is 1.92 bits per heavy atom. The van der Waals surface area contributed by atoms with Crippen LogP contribution in [-0.4, -0.2) is 109 Å². The van der Waals surface area contributed by atoms with Crippen molar-refractivity contribution < 1.29 is 52.3 Å². The maximum absolute atomic E-state index is 12.3. The van der Waals surface area contributed by atoms with E-state index in [-0.39, 0.29) is 44.6 Å². The molecule has 0 radical (unpaired) electrons. The molecule has 0 saturated heterocycles. The lowest BCUT2D eigenvalue weighted by Gasteiger charge is -2.19. The molecule has 0 fully saturated rings. The Kier molecular flexibility index (Phi) is 20.0. The standard InChI is InChI=1S/C34H49N3O11/c1-34(2,3)48-33(41)37-14-13-35-30(38)12-16-42-18-20-44-22-23-45-21-19-43-17-15-36-31(39)26-46-29-11-7-10-28(24-29)32(40)47-25-27-8-5-4-6-9-27/h4-11,24H,12-23,25-26H2,1-3H3,(H,35,38)(H,36,39)(H,37,41). The highest BCUT2D eigenvalue weighted by molar-refractivity contribution is 5.89. The summed E-state index contributed by atoms with van der Waals surface area (Å²) < 4.78 is 37.6. The second-order valence-corrected chi connectivity index (χ2v) is 11.2. The molecule has 0 saturated carbocycles. The molecule has 0 aliphatic rings. The summed E-state index contributed by atoms with van der Waals surface area (Å²) >= 11 is 0. The maximum atomic E-state index is 12.3. The molecule has 2 rings (SSSR count). The van der Waals surface area contributed by atoms with Gasteiger partial charge in [0.15, 0.2) is 6.61 Å². The van der Waals surface area contributed by atoms with Crippen molar-refractivity contribution in [3.05, 3.63) is 65.7 Å². The highest BCUT2D eigenvalue weighted by Gasteiger charge is 2.15. The van der Waals surface area contributed by atoms with Crippen molar-refractivity contribution in [3.63, 3.8) is 0 Å². The van der Waals surface area contributed by atoms with Crippen LogP contribution < -0.4 is 20.7 Å². The topological polar surface area (TPSA) is 169 Å². The first-order chi connectivity index (χ1) is 23.1. The molecule has 0 unspecified atom stereocenters. The quantitative estimate of drug-likeness (QED) is 0.111. The number of hydrogen-bond donors (Lipinski definition) is 3. The fourth-order valence-electron chi connectivity index (χ4n) is 3.68. The lowest BCUT2D eigenvalue weighted by atomic mass is 10.2. The van der Waals surface area contributed by atoms with Crippen molar-refractivity contribution in [1.82, 2.24) is 16.0 Å². The highest BCUT2D eigenvalue weighted by atomic mass is 16.6. The van der Waals surface area contributed by atoms with Crippen LogP contribution in [0.5, 0.6) is 5.75 Å². The Bertz CT molecular complexity index is 1220. The molecule has 3 N–H and O–H groups in total. The van der Waals surface area contributed by atoms with Crippen molar-refractivity contribution in [2.75, 3.05) is 79.1 Å². The van der Waals surface area contributed by atoms with Crippen molar-refractivity contribution in [1.29, 1.82) is 0 Å². The Morgan fingerprint density at radius 2 is 1.25 bits per heavy atom.